The van der Waals surface area contributed by atoms with E-state index >= 15 is 0 Å². The smallest absolute Gasteiger partial charge is 0.327 e. The number of fused-ring (bicyclic) bond motifs is 1. The molecule has 1 amide bonds. The molecule has 3 N–H and O–H groups in total. The van der Waals surface area contributed by atoms with E-state index in [1.807, 2.05) is 6.92 Å². The predicted octanol–water partition coefficient (Wildman–Crippen LogP) is 3.92. The number of nitrogens with zero attached hydrogens (tertiary/aromatic N) is 4. The lowest BCUT2D eigenvalue weighted by Gasteiger charge is -2.38. The van der Waals surface area contributed by atoms with E-state index < -0.39 is 0 Å². The summed E-state index contributed by atoms with van der Waals surface area (Å²) in [5, 5.41) is 6.45. The maximum Gasteiger partial charge on any atom is 0.327 e. The minimum atomic E-state index is -0.168. The van der Waals surface area contributed by atoms with Gasteiger partial charge in [0.2, 0.25) is 11.9 Å². The van der Waals surface area contributed by atoms with Crippen LogP contribution in [0.1, 0.15) is 69.2 Å². The molecule has 3 heterocycles. The molecule has 1 saturated carbocycles. The summed E-state index contributed by atoms with van der Waals surface area (Å²) in [5.74, 6) is 1.25. The lowest BCUT2D eigenvalue weighted by Crippen LogP contribution is -2.45. The van der Waals surface area contributed by atoms with Crippen molar-refractivity contribution in [3.05, 3.63) is 64.7 Å². The average Bonchev–Trinajstić information content (AvgIpc) is 3.68. The highest BCUT2D eigenvalue weighted by atomic mass is 16.2. The molecule has 1 aliphatic heterocycles. The van der Waals surface area contributed by atoms with E-state index in [2.05, 4.69) is 68.3 Å². The molecular formula is C28H37N7O2. The van der Waals surface area contributed by atoms with Gasteiger partial charge in [-0.1, -0.05) is 43.7 Å². The molecular weight excluding hydrogens is 466 g/mol. The number of nitrogens with one attached hydrogen (secondary N) is 3. The first-order chi connectivity index (χ1) is 17.9. The number of aryl methyl sites for hydroxylation is 1. The third-order valence-corrected chi connectivity index (χ3v) is 7.75. The van der Waals surface area contributed by atoms with Crippen molar-refractivity contribution in [2.24, 2.45) is 5.92 Å². The van der Waals surface area contributed by atoms with Gasteiger partial charge in [0.05, 0.1) is 12.2 Å². The number of likely N-dealkylation sites (tertiary alicyclic amines) is 1. The number of anilines is 1. The molecule has 1 aromatic carbocycles. The number of amides is 1. The van der Waals surface area contributed by atoms with Gasteiger partial charge in [0.25, 0.3) is 0 Å². The van der Waals surface area contributed by atoms with Gasteiger partial charge in [0.1, 0.15) is 5.52 Å². The van der Waals surface area contributed by atoms with Gasteiger partial charge in [0, 0.05) is 31.7 Å². The van der Waals surface area contributed by atoms with E-state index in [-0.39, 0.29) is 23.7 Å². The molecule has 0 spiro atoms. The monoisotopic (exact) mass is 503 g/mol. The highest BCUT2D eigenvalue weighted by Crippen LogP contribution is 2.41. The van der Waals surface area contributed by atoms with Crippen LogP contribution < -0.4 is 16.3 Å². The van der Waals surface area contributed by atoms with E-state index in [1.54, 1.807) is 10.8 Å². The first-order valence-electron chi connectivity index (χ1n) is 13.4. The maximum atomic E-state index is 12.1. The van der Waals surface area contributed by atoms with Gasteiger partial charge in [-0.3, -0.25) is 14.3 Å². The summed E-state index contributed by atoms with van der Waals surface area (Å²) < 4.78 is 1.61. The third kappa shape index (κ3) is 5.77. The van der Waals surface area contributed by atoms with Crippen LogP contribution in [0, 0.1) is 5.92 Å². The van der Waals surface area contributed by atoms with Gasteiger partial charge >= 0.3 is 5.69 Å². The SMILES string of the molecule is C=CC(=O)NC1CCN(C(CC2CC2)c2ccc([C@H](C)Nc3ncc4[nH]c(=O)n(CC)c4n3)cc2)CC1. The van der Waals surface area contributed by atoms with Crippen LogP contribution in [0.2, 0.25) is 0 Å². The van der Waals surface area contributed by atoms with Crippen molar-refractivity contribution in [3.63, 3.8) is 0 Å². The van der Waals surface area contributed by atoms with E-state index in [4.69, 9.17) is 0 Å². The van der Waals surface area contributed by atoms with Crippen molar-refractivity contribution >= 4 is 23.0 Å². The highest BCUT2D eigenvalue weighted by Gasteiger charge is 2.32. The number of rotatable bonds is 10. The van der Waals surface area contributed by atoms with Crippen LogP contribution >= 0.6 is 0 Å². The summed E-state index contributed by atoms with van der Waals surface area (Å²) in [6, 6.07) is 9.57. The predicted molar refractivity (Wildman–Crippen MR) is 145 cm³/mol. The molecule has 0 bridgehead atoms. The quantitative estimate of drug-likeness (QED) is 0.362. The van der Waals surface area contributed by atoms with Gasteiger partial charge in [-0.15, -0.1) is 0 Å². The number of aromatic nitrogens is 4. The van der Waals surface area contributed by atoms with Crippen LogP contribution in [0.25, 0.3) is 11.2 Å². The molecule has 37 heavy (non-hydrogen) atoms. The summed E-state index contributed by atoms with van der Waals surface area (Å²) in [6.07, 6.45) is 8.81. The summed E-state index contributed by atoms with van der Waals surface area (Å²) in [6.45, 7) is 10.1. The molecule has 2 aliphatic rings. The Balaban J connectivity index is 1.26. The molecule has 3 aromatic rings. The summed E-state index contributed by atoms with van der Waals surface area (Å²) >= 11 is 0. The number of benzene rings is 1. The van der Waals surface area contributed by atoms with Crippen LogP contribution in [0.5, 0.6) is 0 Å². The van der Waals surface area contributed by atoms with Gasteiger partial charge in [-0.25, -0.2) is 9.78 Å². The van der Waals surface area contributed by atoms with Crippen LogP contribution in [0.4, 0.5) is 5.95 Å². The van der Waals surface area contributed by atoms with Crippen LogP contribution in [-0.4, -0.2) is 49.5 Å². The number of imidazole rings is 1. The normalized spacial score (nSPS) is 18.4. The number of hydrogen-bond donors (Lipinski definition) is 3. The number of aromatic amines is 1. The molecule has 9 nitrogen and oxygen atoms in total. The number of piperidine rings is 1. The Kier molecular flexibility index (Phi) is 7.41. The fraction of sp³-hybridized carbons (Fsp3) is 0.500. The third-order valence-electron chi connectivity index (χ3n) is 7.75. The summed E-state index contributed by atoms with van der Waals surface area (Å²) in [4.78, 5) is 38.1. The highest BCUT2D eigenvalue weighted by molar-refractivity contribution is 5.87. The second-order valence-corrected chi connectivity index (χ2v) is 10.4. The molecule has 9 heteroatoms. The number of H-pyrrole nitrogens is 1. The summed E-state index contributed by atoms with van der Waals surface area (Å²) in [7, 11) is 0. The first-order valence-corrected chi connectivity index (χ1v) is 13.4. The Morgan fingerprint density at radius 3 is 2.54 bits per heavy atom. The first kappa shape index (κ1) is 25.2. The molecule has 1 aliphatic carbocycles. The van der Waals surface area contributed by atoms with Gasteiger partial charge in [-0.05, 0) is 56.2 Å². The lowest BCUT2D eigenvalue weighted by molar-refractivity contribution is -0.117. The molecule has 2 atom stereocenters. The standard InChI is InChI=1S/C28H37N7O2/c1-4-25(36)31-22-12-14-34(15-13-22)24(16-19-6-7-19)21-10-8-20(9-11-21)18(3)30-27-29-17-23-26(33-27)35(5-2)28(37)32-23/h4,8-11,17-19,22,24H,1,5-7,12-16H2,2-3H3,(H,31,36)(H,32,37)(H,29,30,33)/t18-,24?/m0/s1. The van der Waals surface area contributed by atoms with E-state index in [9.17, 15) is 9.59 Å². The minimum absolute atomic E-state index is 0.0124. The van der Waals surface area contributed by atoms with Crippen LogP contribution in [0.15, 0.2) is 47.9 Å². The van der Waals surface area contributed by atoms with Crippen LogP contribution in [0.3, 0.4) is 0 Å². The average molecular weight is 504 g/mol. The maximum absolute atomic E-state index is 12.1. The molecule has 0 radical (unpaired) electrons. The van der Waals surface area contributed by atoms with Gasteiger partial charge in [0.15, 0.2) is 5.65 Å². The Bertz CT molecular complexity index is 1300. The second kappa shape index (κ2) is 10.9. The zero-order valence-electron chi connectivity index (χ0n) is 21.7. The van der Waals surface area contributed by atoms with E-state index in [1.165, 1.54) is 30.9 Å². The summed E-state index contributed by atoms with van der Waals surface area (Å²) in [5.41, 5.74) is 3.60. The van der Waals surface area contributed by atoms with Crippen molar-refractivity contribution in [1.29, 1.82) is 0 Å². The van der Waals surface area contributed by atoms with Crippen molar-refractivity contribution in [1.82, 2.24) is 29.7 Å². The van der Waals surface area contributed by atoms with Gasteiger partial charge in [-0.2, -0.15) is 4.98 Å². The van der Waals surface area contributed by atoms with Crippen molar-refractivity contribution in [3.8, 4) is 0 Å². The van der Waals surface area contributed by atoms with Crippen LogP contribution in [-0.2, 0) is 11.3 Å². The number of hydrogen-bond acceptors (Lipinski definition) is 6. The molecule has 1 unspecified atom stereocenters. The number of carbonyl (C=O) groups excluding carboxylic acids is 1. The number of carbonyl (C=O) groups is 1. The molecule has 2 aromatic heterocycles. The van der Waals surface area contributed by atoms with E-state index in [0.29, 0.717) is 29.7 Å². The molecule has 2 fully saturated rings. The topological polar surface area (TPSA) is 108 Å². The second-order valence-electron chi connectivity index (χ2n) is 10.4. The lowest BCUT2D eigenvalue weighted by atomic mass is 9.94. The van der Waals surface area contributed by atoms with Crippen molar-refractivity contribution in [2.75, 3.05) is 18.4 Å². The molecule has 196 valence electrons. The van der Waals surface area contributed by atoms with Crippen molar-refractivity contribution in [2.45, 2.75) is 70.6 Å². The largest absolute Gasteiger partial charge is 0.350 e. The molecule has 1 saturated heterocycles. The Morgan fingerprint density at radius 1 is 1.19 bits per heavy atom. The van der Waals surface area contributed by atoms with Gasteiger partial charge < -0.3 is 15.6 Å². The molecule has 5 rings (SSSR count). The Labute approximate surface area is 217 Å². The van der Waals surface area contributed by atoms with Crippen molar-refractivity contribution < 1.29 is 4.79 Å². The van der Waals surface area contributed by atoms with E-state index in [0.717, 1.165) is 37.4 Å². The fourth-order valence-electron chi connectivity index (χ4n) is 5.37. The minimum Gasteiger partial charge on any atom is -0.350 e. The zero-order valence-corrected chi connectivity index (χ0v) is 21.7. The Hall–Kier alpha value is -3.46. The zero-order chi connectivity index (χ0) is 25.9. The fourth-order valence-corrected chi connectivity index (χ4v) is 5.37. The Morgan fingerprint density at radius 2 is 1.89 bits per heavy atom.